The second-order valence-corrected chi connectivity index (χ2v) is 6.80. The fourth-order valence-corrected chi connectivity index (χ4v) is 2.86. The number of nitrogens with one attached hydrogen (secondary N) is 1. The van der Waals surface area contributed by atoms with E-state index >= 15 is 0 Å². The molecule has 3 aromatic rings. The number of aromatic nitrogens is 3. The van der Waals surface area contributed by atoms with Gasteiger partial charge in [-0.05, 0) is 47.5 Å². The second-order valence-electron chi connectivity index (χ2n) is 5.95. The largest absolute Gasteiger partial charge is 0.348 e. The summed E-state index contributed by atoms with van der Waals surface area (Å²) < 4.78 is 0.953. The highest BCUT2D eigenvalue weighted by molar-refractivity contribution is 9.10. The van der Waals surface area contributed by atoms with Gasteiger partial charge in [-0.25, -0.2) is 0 Å². The lowest BCUT2D eigenvalue weighted by Gasteiger charge is -2.27. The van der Waals surface area contributed by atoms with E-state index in [0.717, 1.165) is 22.5 Å². The molecular formula is C19H20BrN5. The lowest BCUT2D eigenvalue weighted by Crippen LogP contribution is -2.31. The van der Waals surface area contributed by atoms with Crippen LogP contribution >= 0.6 is 15.9 Å². The number of nitrogens with zero attached hydrogens (tertiary/aromatic N) is 4. The predicted molar refractivity (Wildman–Crippen MR) is 105 cm³/mol. The molecule has 0 aliphatic rings. The van der Waals surface area contributed by atoms with E-state index in [1.54, 1.807) is 6.20 Å². The second kappa shape index (κ2) is 8.07. The molecule has 0 spiro atoms. The van der Waals surface area contributed by atoms with Crippen molar-refractivity contribution in [2.45, 2.75) is 26.4 Å². The van der Waals surface area contributed by atoms with Gasteiger partial charge in [0.25, 0.3) is 0 Å². The first kappa shape index (κ1) is 17.4. The maximum Gasteiger partial charge on any atom is 0.249 e. The van der Waals surface area contributed by atoms with Gasteiger partial charge in [-0.1, -0.05) is 42.5 Å². The van der Waals surface area contributed by atoms with Gasteiger partial charge in [-0.15, -0.1) is 5.10 Å². The number of halogens is 1. The van der Waals surface area contributed by atoms with Crippen LogP contribution in [0.15, 0.2) is 65.3 Å². The zero-order chi connectivity index (χ0) is 17.6. The monoisotopic (exact) mass is 397 g/mol. The first-order valence-corrected chi connectivity index (χ1v) is 8.94. The highest BCUT2D eigenvalue weighted by Gasteiger charge is 2.14. The van der Waals surface area contributed by atoms with E-state index in [2.05, 4.69) is 67.3 Å². The van der Waals surface area contributed by atoms with Gasteiger partial charge >= 0.3 is 0 Å². The van der Waals surface area contributed by atoms with Gasteiger partial charge in [0.15, 0.2) is 5.82 Å². The topological polar surface area (TPSA) is 53.9 Å². The van der Waals surface area contributed by atoms with Gasteiger partial charge in [-0.3, -0.25) is 0 Å². The first-order chi connectivity index (χ1) is 12.1. The molecule has 0 saturated heterocycles. The highest BCUT2D eigenvalue weighted by Crippen LogP contribution is 2.24. The van der Waals surface area contributed by atoms with Crippen molar-refractivity contribution in [3.8, 4) is 0 Å². The smallest absolute Gasteiger partial charge is 0.249 e. The molecule has 3 rings (SSSR count). The Labute approximate surface area is 156 Å². The maximum absolute atomic E-state index is 4.65. The summed E-state index contributed by atoms with van der Waals surface area (Å²) in [6.45, 7) is 5.06. The Bertz CT molecular complexity index is 823. The van der Waals surface area contributed by atoms with Crippen molar-refractivity contribution >= 4 is 33.4 Å². The molecule has 25 heavy (non-hydrogen) atoms. The van der Waals surface area contributed by atoms with Crippen molar-refractivity contribution in [1.82, 2.24) is 15.2 Å². The molecular weight excluding hydrogens is 378 g/mol. The summed E-state index contributed by atoms with van der Waals surface area (Å²) in [5.74, 6) is 1.27. The molecule has 0 unspecified atom stereocenters. The molecule has 1 aromatic heterocycles. The van der Waals surface area contributed by atoms with E-state index < -0.39 is 0 Å². The SMILES string of the molecule is CC(C)N(Cc1ccccc1)c1cnnc(Nc2ccccc2Br)n1. The number of para-hydroxylation sites is 1. The molecule has 2 aromatic carbocycles. The van der Waals surface area contributed by atoms with Crippen LogP contribution in [-0.4, -0.2) is 21.2 Å². The summed E-state index contributed by atoms with van der Waals surface area (Å²) in [5, 5.41) is 11.4. The summed E-state index contributed by atoms with van der Waals surface area (Å²) in [4.78, 5) is 6.85. The van der Waals surface area contributed by atoms with Crippen LogP contribution < -0.4 is 10.2 Å². The molecule has 6 heteroatoms. The summed E-state index contributed by atoms with van der Waals surface area (Å²) in [6, 6.07) is 18.5. The molecule has 1 heterocycles. The fourth-order valence-electron chi connectivity index (χ4n) is 2.48. The molecule has 0 amide bonds. The van der Waals surface area contributed by atoms with Gasteiger partial charge in [0.05, 0.1) is 11.9 Å². The van der Waals surface area contributed by atoms with Crippen LogP contribution in [-0.2, 0) is 6.54 Å². The fraction of sp³-hybridized carbons (Fsp3) is 0.211. The minimum Gasteiger partial charge on any atom is -0.348 e. The predicted octanol–water partition coefficient (Wildman–Crippen LogP) is 4.79. The lowest BCUT2D eigenvalue weighted by molar-refractivity contribution is 0.668. The average Bonchev–Trinajstić information content (AvgIpc) is 2.62. The zero-order valence-corrected chi connectivity index (χ0v) is 15.8. The van der Waals surface area contributed by atoms with Crippen LogP contribution in [0.3, 0.4) is 0 Å². The van der Waals surface area contributed by atoms with Crippen molar-refractivity contribution in [3.05, 3.63) is 70.8 Å². The van der Waals surface area contributed by atoms with Gasteiger partial charge in [0.1, 0.15) is 0 Å². The highest BCUT2D eigenvalue weighted by atomic mass is 79.9. The Balaban J connectivity index is 1.84. The summed E-state index contributed by atoms with van der Waals surface area (Å²) in [5.41, 5.74) is 2.13. The zero-order valence-electron chi connectivity index (χ0n) is 14.2. The van der Waals surface area contributed by atoms with E-state index in [-0.39, 0.29) is 6.04 Å². The van der Waals surface area contributed by atoms with Crippen LogP contribution in [0, 0.1) is 0 Å². The Morgan fingerprint density at radius 2 is 1.76 bits per heavy atom. The first-order valence-electron chi connectivity index (χ1n) is 8.15. The summed E-state index contributed by atoms with van der Waals surface area (Å²) >= 11 is 3.52. The quantitative estimate of drug-likeness (QED) is 0.647. The number of hydrogen-bond donors (Lipinski definition) is 1. The van der Waals surface area contributed by atoms with E-state index in [1.165, 1.54) is 5.56 Å². The van der Waals surface area contributed by atoms with Crippen molar-refractivity contribution in [2.24, 2.45) is 0 Å². The van der Waals surface area contributed by atoms with E-state index in [9.17, 15) is 0 Å². The minimum absolute atomic E-state index is 0.285. The Morgan fingerprint density at radius 3 is 2.48 bits per heavy atom. The van der Waals surface area contributed by atoms with E-state index in [4.69, 9.17) is 0 Å². The molecule has 128 valence electrons. The molecule has 0 aliphatic carbocycles. The van der Waals surface area contributed by atoms with Gasteiger partial charge in [-0.2, -0.15) is 10.1 Å². The molecule has 0 radical (unpaired) electrons. The van der Waals surface area contributed by atoms with Crippen LogP contribution in [0.4, 0.5) is 17.5 Å². The maximum atomic E-state index is 4.65. The van der Waals surface area contributed by atoms with Crippen molar-refractivity contribution < 1.29 is 0 Å². The summed E-state index contributed by atoms with van der Waals surface area (Å²) in [6.07, 6.45) is 1.70. The standard InChI is InChI=1S/C19H20BrN5/c1-14(2)25(13-15-8-4-3-5-9-15)18-12-21-24-19(23-18)22-17-11-7-6-10-16(17)20/h3-12,14H,13H2,1-2H3,(H,22,23,24). The third-order valence-corrected chi connectivity index (χ3v) is 4.47. The Hall–Kier alpha value is -2.47. The third kappa shape index (κ3) is 4.54. The van der Waals surface area contributed by atoms with E-state index in [1.807, 2.05) is 42.5 Å². The van der Waals surface area contributed by atoms with Gasteiger partial charge in [0.2, 0.25) is 5.95 Å². The molecule has 0 saturated carbocycles. The van der Waals surface area contributed by atoms with E-state index in [0.29, 0.717) is 5.95 Å². The van der Waals surface area contributed by atoms with Gasteiger partial charge < -0.3 is 10.2 Å². The third-order valence-electron chi connectivity index (χ3n) is 3.78. The molecule has 0 fully saturated rings. The number of anilines is 3. The molecule has 5 nitrogen and oxygen atoms in total. The molecule has 0 atom stereocenters. The van der Waals surface area contributed by atoms with Crippen LogP contribution in [0.2, 0.25) is 0 Å². The minimum atomic E-state index is 0.285. The van der Waals surface area contributed by atoms with Crippen LogP contribution in [0.25, 0.3) is 0 Å². The molecule has 1 N–H and O–H groups in total. The Kier molecular flexibility index (Phi) is 5.60. The molecule has 0 bridgehead atoms. The van der Waals surface area contributed by atoms with Crippen LogP contribution in [0.5, 0.6) is 0 Å². The lowest BCUT2D eigenvalue weighted by atomic mass is 10.2. The van der Waals surface area contributed by atoms with Crippen molar-refractivity contribution in [2.75, 3.05) is 10.2 Å². The average molecular weight is 398 g/mol. The Morgan fingerprint density at radius 1 is 1.04 bits per heavy atom. The number of hydrogen-bond acceptors (Lipinski definition) is 5. The number of rotatable bonds is 6. The normalized spacial score (nSPS) is 10.7. The number of benzene rings is 2. The van der Waals surface area contributed by atoms with Crippen molar-refractivity contribution in [3.63, 3.8) is 0 Å². The summed E-state index contributed by atoms with van der Waals surface area (Å²) in [7, 11) is 0. The van der Waals surface area contributed by atoms with Crippen molar-refractivity contribution in [1.29, 1.82) is 0 Å². The van der Waals surface area contributed by atoms with Crippen LogP contribution in [0.1, 0.15) is 19.4 Å². The molecule has 0 aliphatic heterocycles. The van der Waals surface area contributed by atoms with Gasteiger partial charge in [0, 0.05) is 17.1 Å².